The maximum Gasteiger partial charge on any atom is 0.293 e. The number of thioether (sulfide) groups is 1. The van der Waals surface area contributed by atoms with Crippen LogP contribution < -0.4 is 14.8 Å². The molecule has 202 valence electrons. The zero-order valence-corrected chi connectivity index (χ0v) is 23.1. The summed E-state index contributed by atoms with van der Waals surface area (Å²) in [5.74, 6) is -0.540. The smallest absolute Gasteiger partial charge is 0.293 e. The van der Waals surface area contributed by atoms with Crippen molar-refractivity contribution in [2.24, 2.45) is 0 Å². The monoisotopic (exact) mass is 568 g/mol. The van der Waals surface area contributed by atoms with E-state index in [1.807, 2.05) is 39.0 Å². The fraction of sp³-hybridized carbons (Fsp3) is 0.207. The quantitative estimate of drug-likeness (QED) is 0.287. The molecule has 39 heavy (non-hydrogen) atoms. The van der Waals surface area contributed by atoms with Gasteiger partial charge >= 0.3 is 0 Å². The Labute approximate surface area is 234 Å². The van der Waals surface area contributed by atoms with E-state index in [4.69, 9.17) is 21.1 Å². The molecule has 1 N–H and O–H groups in total. The molecule has 0 bridgehead atoms. The molecule has 3 aromatic rings. The van der Waals surface area contributed by atoms with E-state index in [1.165, 1.54) is 12.1 Å². The van der Waals surface area contributed by atoms with E-state index in [-0.39, 0.29) is 29.0 Å². The number of hydrogen-bond donors (Lipinski definition) is 1. The molecule has 3 amide bonds. The zero-order valence-electron chi connectivity index (χ0n) is 21.5. The Balaban J connectivity index is 1.46. The van der Waals surface area contributed by atoms with Gasteiger partial charge in [-0.05, 0) is 91.2 Å². The molecule has 0 aromatic heterocycles. The molecule has 3 aromatic carbocycles. The zero-order chi connectivity index (χ0) is 28.1. The predicted molar refractivity (Wildman–Crippen MR) is 151 cm³/mol. The number of hydrogen-bond acceptors (Lipinski definition) is 6. The van der Waals surface area contributed by atoms with E-state index in [9.17, 15) is 18.8 Å². The Morgan fingerprint density at radius 3 is 2.59 bits per heavy atom. The summed E-state index contributed by atoms with van der Waals surface area (Å²) in [5, 5.41) is 2.54. The Bertz CT molecular complexity index is 1480. The average Bonchev–Trinajstić information content (AvgIpc) is 3.14. The van der Waals surface area contributed by atoms with Crippen LogP contribution in [0.25, 0.3) is 6.08 Å². The number of nitrogens with one attached hydrogen (secondary N) is 1. The Morgan fingerprint density at radius 1 is 1.05 bits per heavy atom. The van der Waals surface area contributed by atoms with Crippen LogP contribution in [0.2, 0.25) is 5.02 Å². The molecule has 1 aliphatic heterocycles. The third-order valence-electron chi connectivity index (χ3n) is 5.81. The van der Waals surface area contributed by atoms with Gasteiger partial charge in [-0.1, -0.05) is 35.9 Å². The van der Waals surface area contributed by atoms with Gasteiger partial charge in [-0.25, -0.2) is 4.39 Å². The van der Waals surface area contributed by atoms with Gasteiger partial charge in [0.05, 0.1) is 18.1 Å². The van der Waals surface area contributed by atoms with E-state index in [0.717, 1.165) is 39.5 Å². The number of ether oxygens (including phenoxy) is 2. The second kappa shape index (κ2) is 12.4. The number of imide groups is 1. The van der Waals surface area contributed by atoms with Gasteiger partial charge in [-0.2, -0.15) is 0 Å². The minimum Gasteiger partial charge on any atom is -0.490 e. The SMILES string of the molecule is CCOc1cc(/C=C2\SC(=O)N(Cc3ccc(F)cc3Cl)C2=O)ccc1OCC(=O)Nc1cc(C)ccc1C. The van der Waals surface area contributed by atoms with Gasteiger partial charge in [0.15, 0.2) is 18.1 Å². The summed E-state index contributed by atoms with van der Waals surface area (Å²) in [6.45, 7) is 5.73. The van der Waals surface area contributed by atoms with E-state index >= 15 is 0 Å². The molecule has 0 aliphatic carbocycles. The van der Waals surface area contributed by atoms with Crippen molar-refractivity contribution in [1.82, 2.24) is 4.90 Å². The van der Waals surface area contributed by atoms with E-state index in [2.05, 4.69) is 5.32 Å². The molecule has 1 heterocycles. The van der Waals surface area contributed by atoms with Gasteiger partial charge in [0.1, 0.15) is 5.82 Å². The average molecular weight is 569 g/mol. The lowest BCUT2D eigenvalue weighted by Gasteiger charge is -2.14. The summed E-state index contributed by atoms with van der Waals surface area (Å²) in [5.41, 5.74) is 3.76. The van der Waals surface area contributed by atoms with Gasteiger partial charge in [-0.3, -0.25) is 19.3 Å². The largest absolute Gasteiger partial charge is 0.490 e. The molecule has 1 fully saturated rings. The summed E-state index contributed by atoms with van der Waals surface area (Å²) < 4.78 is 24.8. The topological polar surface area (TPSA) is 84.9 Å². The molecule has 0 spiro atoms. The second-order valence-electron chi connectivity index (χ2n) is 8.80. The first-order valence-corrected chi connectivity index (χ1v) is 13.3. The summed E-state index contributed by atoms with van der Waals surface area (Å²) in [6, 6.07) is 14.6. The fourth-order valence-electron chi connectivity index (χ4n) is 3.81. The first-order valence-electron chi connectivity index (χ1n) is 12.1. The van der Waals surface area contributed by atoms with Crippen LogP contribution in [0.4, 0.5) is 14.9 Å². The van der Waals surface area contributed by atoms with E-state index in [1.54, 1.807) is 24.3 Å². The summed E-state index contributed by atoms with van der Waals surface area (Å²) in [6.07, 6.45) is 1.58. The molecule has 0 saturated carbocycles. The van der Waals surface area contributed by atoms with Crippen molar-refractivity contribution in [3.05, 3.63) is 92.6 Å². The highest BCUT2D eigenvalue weighted by molar-refractivity contribution is 8.18. The number of aryl methyl sites for hydroxylation is 2. The van der Waals surface area contributed by atoms with Crippen molar-refractivity contribution in [2.45, 2.75) is 27.3 Å². The molecule has 0 unspecified atom stereocenters. The van der Waals surface area contributed by atoms with Crippen molar-refractivity contribution >= 4 is 52.2 Å². The number of rotatable bonds is 9. The van der Waals surface area contributed by atoms with Crippen molar-refractivity contribution in [2.75, 3.05) is 18.5 Å². The number of halogens is 2. The molecule has 0 radical (unpaired) electrons. The standard InChI is InChI=1S/C29H26ClFN2O5S/c1-4-37-25-12-19(7-10-24(25)38-16-27(34)32-23-11-17(2)5-6-18(23)3)13-26-28(35)33(29(36)39-26)15-20-8-9-21(31)14-22(20)30/h5-14H,4,15-16H2,1-3H3,(H,32,34)/b26-13-. The number of benzene rings is 3. The molecule has 10 heteroatoms. The van der Waals surface area contributed by atoms with Gasteiger partial charge < -0.3 is 14.8 Å². The Kier molecular flexibility index (Phi) is 8.93. The molecule has 4 rings (SSSR count). The highest BCUT2D eigenvalue weighted by atomic mass is 35.5. The van der Waals surface area contributed by atoms with Crippen LogP contribution in [0.5, 0.6) is 11.5 Å². The maximum atomic E-state index is 13.4. The molecule has 0 atom stereocenters. The third-order valence-corrected chi connectivity index (χ3v) is 7.07. The number of anilines is 1. The van der Waals surface area contributed by atoms with Crippen LogP contribution in [0.15, 0.2) is 59.5 Å². The molecule has 1 saturated heterocycles. The van der Waals surface area contributed by atoms with Crippen LogP contribution in [0.3, 0.4) is 0 Å². The molecule has 1 aliphatic rings. The van der Waals surface area contributed by atoms with Crippen LogP contribution in [-0.2, 0) is 16.1 Å². The van der Waals surface area contributed by atoms with E-state index in [0.29, 0.717) is 29.2 Å². The first kappa shape index (κ1) is 28.2. The Hall–Kier alpha value is -3.82. The molecular formula is C29H26ClFN2O5S. The highest BCUT2D eigenvalue weighted by Crippen LogP contribution is 2.36. The van der Waals surface area contributed by atoms with Gasteiger partial charge in [0, 0.05) is 10.7 Å². The highest BCUT2D eigenvalue weighted by Gasteiger charge is 2.35. The van der Waals surface area contributed by atoms with Gasteiger partial charge in [-0.15, -0.1) is 0 Å². The van der Waals surface area contributed by atoms with Crippen LogP contribution >= 0.6 is 23.4 Å². The predicted octanol–water partition coefficient (Wildman–Crippen LogP) is 6.75. The molecular weight excluding hydrogens is 543 g/mol. The van der Waals surface area contributed by atoms with Crippen LogP contribution in [-0.4, -0.2) is 35.2 Å². The van der Waals surface area contributed by atoms with Crippen molar-refractivity contribution < 1.29 is 28.2 Å². The Morgan fingerprint density at radius 2 is 1.85 bits per heavy atom. The number of carbonyl (C=O) groups is 3. The lowest BCUT2D eigenvalue weighted by molar-refractivity contribution is -0.123. The number of carbonyl (C=O) groups excluding carboxylic acids is 3. The minimum absolute atomic E-state index is 0.0672. The van der Waals surface area contributed by atoms with Crippen LogP contribution in [0.1, 0.15) is 29.2 Å². The fourth-order valence-corrected chi connectivity index (χ4v) is 4.88. The summed E-state index contributed by atoms with van der Waals surface area (Å²) in [4.78, 5) is 39.3. The first-order chi connectivity index (χ1) is 18.6. The second-order valence-corrected chi connectivity index (χ2v) is 10.2. The number of amides is 3. The van der Waals surface area contributed by atoms with Crippen molar-refractivity contribution in [1.29, 1.82) is 0 Å². The van der Waals surface area contributed by atoms with Gasteiger partial charge in [0.25, 0.3) is 17.1 Å². The van der Waals surface area contributed by atoms with Crippen molar-refractivity contribution in [3.63, 3.8) is 0 Å². The lowest BCUT2D eigenvalue weighted by atomic mass is 10.1. The van der Waals surface area contributed by atoms with E-state index < -0.39 is 17.0 Å². The summed E-state index contributed by atoms with van der Waals surface area (Å²) >= 11 is 6.87. The summed E-state index contributed by atoms with van der Waals surface area (Å²) in [7, 11) is 0. The van der Waals surface area contributed by atoms with Crippen LogP contribution in [0, 0.1) is 19.7 Å². The van der Waals surface area contributed by atoms with Gasteiger partial charge in [0.2, 0.25) is 0 Å². The maximum absolute atomic E-state index is 13.4. The lowest BCUT2D eigenvalue weighted by Crippen LogP contribution is -2.27. The van der Waals surface area contributed by atoms with Crippen molar-refractivity contribution in [3.8, 4) is 11.5 Å². The minimum atomic E-state index is -0.502. The normalized spacial score (nSPS) is 14.2. The number of nitrogens with zero attached hydrogens (tertiary/aromatic N) is 1. The third kappa shape index (κ3) is 6.99. The molecule has 7 nitrogen and oxygen atoms in total.